The van der Waals surface area contributed by atoms with E-state index in [9.17, 15) is 9.59 Å². The zero-order chi connectivity index (χ0) is 14.4. The van der Waals surface area contributed by atoms with Crippen molar-refractivity contribution in [2.24, 2.45) is 11.7 Å². The third kappa shape index (κ3) is 4.37. The summed E-state index contributed by atoms with van der Waals surface area (Å²) in [4.78, 5) is 23.3. The summed E-state index contributed by atoms with van der Waals surface area (Å²) < 4.78 is 0. The maximum absolute atomic E-state index is 11.8. The van der Waals surface area contributed by atoms with Gasteiger partial charge in [0.1, 0.15) is 0 Å². The molecule has 0 aromatic heterocycles. The van der Waals surface area contributed by atoms with Gasteiger partial charge in [-0.05, 0) is 37.1 Å². The van der Waals surface area contributed by atoms with Gasteiger partial charge >= 0.3 is 0 Å². The van der Waals surface area contributed by atoms with Crippen LogP contribution in [0.2, 0.25) is 0 Å². The summed E-state index contributed by atoms with van der Waals surface area (Å²) in [5.74, 6) is -0.269. The molecule has 0 aliphatic carbocycles. The Hall–Kier alpha value is -1.88. The second kappa shape index (κ2) is 6.89. The van der Waals surface area contributed by atoms with E-state index in [0.29, 0.717) is 17.8 Å². The predicted octanol–water partition coefficient (Wildman–Crippen LogP) is 1.36. The maximum atomic E-state index is 11.8. The molecule has 0 heterocycles. The van der Waals surface area contributed by atoms with Gasteiger partial charge in [-0.25, -0.2) is 0 Å². The van der Waals surface area contributed by atoms with E-state index in [2.05, 4.69) is 10.6 Å². The standard InChI is InChI=1S/C14H21N3O2/c1-4-16-13(18)10-5-7-11(8-6-10)17-14(19)12(15)9(2)3/h5-9,12H,4,15H2,1-3H3,(H,16,18)(H,17,19)/t12-/m1/s1. The van der Waals surface area contributed by atoms with Crippen LogP contribution in [0.1, 0.15) is 31.1 Å². The van der Waals surface area contributed by atoms with E-state index in [1.807, 2.05) is 20.8 Å². The highest BCUT2D eigenvalue weighted by atomic mass is 16.2. The van der Waals surface area contributed by atoms with Gasteiger partial charge in [-0.1, -0.05) is 13.8 Å². The van der Waals surface area contributed by atoms with Crippen LogP contribution in [0.25, 0.3) is 0 Å². The number of carbonyl (C=O) groups is 2. The lowest BCUT2D eigenvalue weighted by molar-refractivity contribution is -0.118. The van der Waals surface area contributed by atoms with Crippen molar-refractivity contribution in [3.8, 4) is 0 Å². The first-order valence-electron chi connectivity index (χ1n) is 6.40. The summed E-state index contributed by atoms with van der Waals surface area (Å²) in [6.45, 7) is 6.23. The van der Waals surface area contributed by atoms with Crippen LogP contribution in [0.4, 0.5) is 5.69 Å². The Morgan fingerprint density at radius 3 is 2.26 bits per heavy atom. The van der Waals surface area contributed by atoms with E-state index < -0.39 is 6.04 Å². The molecular weight excluding hydrogens is 242 g/mol. The van der Waals surface area contributed by atoms with Crippen LogP contribution in [0.15, 0.2) is 24.3 Å². The first-order valence-corrected chi connectivity index (χ1v) is 6.40. The molecule has 0 aliphatic rings. The largest absolute Gasteiger partial charge is 0.352 e. The number of nitrogens with one attached hydrogen (secondary N) is 2. The molecule has 1 atom stereocenters. The second-order valence-corrected chi connectivity index (χ2v) is 4.70. The van der Waals surface area contributed by atoms with Gasteiger partial charge in [0, 0.05) is 17.8 Å². The van der Waals surface area contributed by atoms with E-state index in [1.165, 1.54) is 0 Å². The average Bonchev–Trinajstić information content (AvgIpc) is 2.38. The van der Waals surface area contributed by atoms with E-state index in [-0.39, 0.29) is 17.7 Å². The molecule has 0 saturated heterocycles. The molecule has 0 unspecified atom stereocenters. The summed E-state index contributed by atoms with van der Waals surface area (Å²) in [5, 5.41) is 5.43. The quantitative estimate of drug-likeness (QED) is 0.750. The molecule has 1 aromatic carbocycles. The van der Waals surface area contributed by atoms with Crippen molar-refractivity contribution in [3.63, 3.8) is 0 Å². The first kappa shape index (κ1) is 15.2. The second-order valence-electron chi connectivity index (χ2n) is 4.70. The Balaban J connectivity index is 2.67. The van der Waals surface area contributed by atoms with E-state index in [1.54, 1.807) is 24.3 Å². The summed E-state index contributed by atoms with van der Waals surface area (Å²) in [6.07, 6.45) is 0. The smallest absolute Gasteiger partial charge is 0.251 e. The Morgan fingerprint density at radius 2 is 1.79 bits per heavy atom. The average molecular weight is 263 g/mol. The van der Waals surface area contributed by atoms with Crippen LogP contribution in [-0.2, 0) is 4.79 Å². The Labute approximate surface area is 113 Å². The molecule has 0 bridgehead atoms. The minimum absolute atomic E-state index is 0.0783. The van der Waals surface area contributed by atoms with Gasteiger partial charge in [-0.2, -0.15) is 0 Å². The molecule has 2 amide bonds. The lowest BCUT2D eigenvalue weighted by Gasteiger charge is -2.15. The van der Waals surface area contributed by atoms with Gasteiger partial charge in [0.15, 0.2) is 0 Å². The zero-order valence-electron chi connectivity index (χ0n) is 11.6. The van der Waals surface area contributed by atoms with Crippen LogP contribution >= 0.6 is 0 Å². The Bertz CT molecular complexity index is 441. The number of benzene rings is 1. The summed E-state index contributed by atoms with van der Waals surface area (Å²) in [7, 11) is 0. The number of anilines is 1. The number of hydrogen-bond donors (Lipinski definition) is 3. The van der Waals surface area contributed by atoms with E-state index in [0.717, 1.165) is 0 Å². The molecule has 4 N–H and O–H groups in total. The molecule has 0 fully saturated rings. The van der Waals surface area contributed by atoms with Crippen LogP contribution in [0.5, 0.6) is 0 Å². The number of carbonyl (C=O) groups excluding carboxylic acids is 2. The van der Waals surface area contributed by atoms with Gasteiger partial charge in [0.05, 0.1) is 6.04 Å². The lowest BCUT2D eigenvalue weighted by Crippen LogP contribution is -2.39. The highest BCUT2D eigenvalue weighted by Crippen LogP contribution is 2.11. The fourth-order valence-electron chi connectivity index (χ4n) is 1.50. The molecule has 1 rings (SSSR count). The topological polar surface area (TPSA) is 84.2 Å². The minimum atomic E-state index is -0.539. The third-order valence-electron chi connectivity index (χ3n) is 2.77. The summed E-state index contributed by atoms with van der Waals surface area (Å²) in [6, 6.07) is 6.18. The van der Waals surface area contributed by atoms with Crippen molar-refractivity contribution in [1.29, 1.82) is 0 Å². The molecule has 5 nitrogen and oxygen atoms in total. The van der Waals surface area contributed by atoms with Gasteiger partial charge in [0.2, 0.25) is 5.91 Å². The fraction of sp³-hybridized carbons (Fsp3) is 0.429. The van der Waals surface area contributed by atoms with Crippen LogP contribution < -0.4 is 16.4 Å². The minimum Gasteiger partial charge on any atom is -0.352 e. The van der Waals surface area contributed by atoms with Crippen molar-refractivity contribution in [2.45, 2.75) is 26.8 Å². The number of amides is 2. The molecule has 0 saturated carbocycles. The van der Waals surface area contributed by atoms with Gasteiger partial charge in [-0.3, -0.25) is 9.59 Å². The van der Waals surface area contributed by atoms with Gasteiger partial charge in [-0.15, -0.1) is 0 Å². The SMILES string of the molecule is CCNC(=O)c1ccc(NC(=O)[C@H](N)C(C)C)cc1. The maximum Gasteiger partial charge on any atom is 0.251 e. The first-order chi connectivity index (χ1) is 8.95. The third-order valence-corrected chi connectivity index (χ3v) is 2.77. The summed E-state index contributed by atoms with van der Waals surface area (Å²) >= 11 is 0. The van der Waals surface area contributed by atoms with Crippen molar-refractivity contribution < 1.29 is 9.59 Å². The molecule has 1 aromatic rings. The zero-order valence-corrected chi connectivity index (χ0v) is 11.6. The Morgan fingerprint density at radius 1 is 1.21 bits per heavy atom. The van der Waals surface area contributed by atoms with E-state index >= 15 is 0 Å². The van der Waals surface area contributed by atoms with Crippen LogP contribution in [0.3, 0.4) is 0 Å². The molecule has 19 heavy (non-hydrogen) atoms. The van der Waals surface area contributed by atoms with Crippen molar-refractivity contribution >= 4 is 17.5 Å². The summed E-state index contributed by atoms with van der Waals surface area (Å²) in [5.41, 5.74) is 6.95. The van der Waals surface area contributed by atoms with Crippen molar-refractivity contribution in [2.75, 3.05) is 11.9 Å². The van der Waals surface area contributed by atoms with Crippen molar-refractivity contribution in [1.82, 2.24) is 5.32 Å². The number of rotatable bonds is 5. The van der Waals surface area contributed by atoms with E-state index in [4.69, 9.17) is 5.73 Å². The van der Waals surface area contributed by atoms with Gasteiger partial charge in [0.25, 0.3) is 5.91 Å². The molecule has 0 aliphatic heterocycles. The predicted molar refractivity (Wildman–Crippen MR) is 75.9 cm³/mol. The van der Waals surface area contributed by atoms with Crippen LogP contribution in [0, 0.1) is 5.92 Å². The Kier molecular flexibility index (Phi) is 5.51. The lowest BCUT2D eigenvalue weighted by atomic mass is 10.0. The highest BCUT2D eigenvalue weighted by Gasteiger charge is 2.17. The molecule has 104 valence electrons. The monoisotopic (exact) mass is 263 g/mol. The highest BCUT2D eigenvalue weighted by molar-refractivity contribution is 5.97. The molecule has 0 radical (unpaired) electrons. The molecule has 0 spiro atoms. The van der Waals surface area contributed by atoms with Crippen LogP contribution in [-0.4, -0.2) is 24.4 Å². The fourth-order valence-corrected chi connectivity index (χ4v) is 1.50. The van der Waals surface area contributed by atoms with Crippen molar-refractivity contribution in [3.05, 3.63) is 29.8 Å². The number of nitrogens with two attached hydrogens (primary N) is 1. The molecule has 5 heteroatoms. The normalized spacial score (nSPS) is 12.1. The number of hydrogen-bond acceptors (Lipinski definition) is 3. The van der Waals surface area contributed by atoms with Gasteiger partial charge < -0.3 is 16.4 Å². The molecular formula is C14H21N3O2.